The summed E-state index contributed by atoms with van der Waals surface area (Å²) in [6.07, 6.45) is 1.86. The van der Waals surface area contributed by atoms with Gasteiger partial charge in [0.15, 0.2) is 0 Å². The molecular formula is C13H15N3O. The summed E-state index contributed by atoms with van der Waals surface area (Å²) in [6.45, 7) is 5.88. The molecule has 2 heterocycles. The predicted molar refractivity (Wildman–Crippen MR) is 62.7 cm³/mol. The molecule has 3 rings (SSSR count). The maximum Gasteiger partial charge on any atom is 0.269 e. The van der Waals surface area contributed by atoms with Crippen LogP contribution in [0.4, 0.5) is 0 Å². The Kier molecular flexibility index (Phi) is 1.91. The molecule has 0 aromatic carbocycles. The molecule has 1 N–H and O–H groups in total. The Hall–Kier alpha value is -1.76. The third-order valence-electron chi connectivity index (χ3n) is 3.73. The van der Waals surface area contributed by atoms with E-state index in [1.807, 2.05) is 0 Å². The highest BCUT2D eigenvalue weighted by atomic mass is 16.2. The standard InChI is InChI=1S/C13H15N3O/c1-13(2)5-8-9(7-14)11-12(17)15-3-4-16(11)10(8)6-13/h3-6H2,1-2H3,(H,15,17). The van der Waals surface area contributed by atoms with Gasteiger partial charge in [0.2, 0.25) is 0 Å². The van der Waals surface area contributed by atoms with Crippen molar-refractivity contribution in [3.8, 4) is 6.07 Å². The van der Waals surface area contributed by atoms with E-state index in [-0.39, 0.29) is 11.3 Å². The van der Waals surface area contributed by atoms with Crippen LogP contribution in [0.2, 0.25) is 0 Å². The van der Waals surface area contributed by atoms with Gasteiger partial charge in [-0.15, -0.1) is 0 Å². The van der Waals surface area contributed by atoms with Gasteiger partial charge in [0, 0.05) is 18.8 Å². The van der Waals surface area contributed by atoms with Gasteiger partial charge in [0.25, 0.3) is 5.91 Å². The monoisotopic (exact) mass is 229 g/mol. The van der Waals surface area contributed by atoms with Gasteiger partial charge < -0.3 is 9.88 Å². The molecular weight excluding hydrogens is 214 g/mol. The molecule has 1 aromatic rings. The zero-order chi connectivity index (χ0) is 12.2. The molecule has 0 bridgehead atoms. The van der Waals surface area contributed by atoms with E-state index in [2.05, 4.69) is 29.8 Å². The summed E-state index contributed by atoms with van der Waals surface area (Å²) in [6, 6.07) is 2.22. The zero-order valence-corrected chi connectivity index (χ0v) is 10.1. The SMILES string of the molecule is CC1(C)Cc2c(C#N)c3n(c2C1)CCNC3=O. The van der Waals surface area contributed by atoms with Gasteiger partial charge in [-0.25, -0.2) is 0 Å². The Morgan fingerprint density at radius 2 is 2.18 bits per heavy atom. The van der Waals surface area contributed by atoms with Crippen LogP contribution >= 0.6 is 0 Å². The minimum Gasteiger partial charge on any atom is -0.349 e. The lowest BCUT2D eigenvalue weighted by atomic mass is 9.89. The molecule has 0 radical (unpaired) electrons. The molecule has 0 fully saturated rings. The van der Waals surface area contributed by atoms with E-state index in [4.69, 9.17) is 0 Å². The quantitative estimate of drug-likeness (QED) is 0.727. The lowest BCUT2D eigenvalue weighted by Crippen LogP contribution is -2.36. The number of amides is 1. The van der Waals surface area contributed by atoms with Crippen LogP contribution in [0.1, 0.15) is 41.2 Å². The number of hydrogen-bond acceptors (Lipinski definition) is 2. The van der Waals surface area contributed by atoms with Gasteiger partial charge in [-0.1, -0.05) is 13.8 Å². The molecule has 4 heteroatoms. The van der Waals surface area contributed by atoms with Crippen molar-refractivity contribution >= 4 is 5.91 Å². The van der Waals surface area contributed by atoms with Crippen molar-refractivity contribution in [3.63, 3.8) is 0 Å². The van der Waals surface area contributed by atoms with E-state index in [0.717, 1.165) is 24.9 Å². The third kappa shape index (κ3) is 1.32. The van der Waals surface area contributed by atoms with Gasteiger partial charge >= 0.3 is 0 Å². The van der Waals surface area contributed by atoms with Gasteiger partial charge in [-0.05, 0) is 23.8 Å². The molecule has 0 saturated heterocycles. The van der Waals surface area contributed by atoms with Crippen molar-refractivity contribution in [1.29, 1.82) is 5.26 Å². The Balaban J connectivity index is 2.24. The number of nitriles is 1. The molecule has 1 aromatic heterocycles. The molecule has 88 valence electrons. The van der Waals surface area contributed by atoms with Crippen LogP contribution in [0.15, 0.2) is 0 Å². The van der Waals surface area contributed by atoms with Crippen molar-refractivity contribution in [2.45, 2.75) is 33.2 Å². The van der Waals surface area contributed by atoms with Crippen LogP contribution in [0, 0.1) is 16.7 Å². The third-order valence-corrected chi connectivity index (χ3v) is 3.73. The van der Waals surface area contributed by atoms with E-state index in [1.165, 1.54) is 5.69 Å². The lowest BCUT2D eigenvalue weighted by Gasteiger charge is -2.21. The molecule has 1 aliphatic carbocycles. The van der Waals surface area contributed by atoms with E-state index in [9.17, 15) is 10.1 Å². The minimum atomic E-state index is -0.0972. The van der Waals surface area contributed by atoms with Gasteiger partial charge in [0.05, 0.1) is 5.56 Å². The molecule has 0 saturated carbocycles. The largest absolute Gasteiger partial charge is 0.349 e. The number of nitrogens with one attached hydrogen (secondary N) is 1. The highest BCUT2D eigenvalue weighted by Crippen LogP contribution is 2.40. The first-order chi connectivity index (χ1) is 8.03. The fourth-order valence-electron chi connectivity index (χ4n) is 3.08. The van der Waals surface area contributed by atoms with E-state index < -0.39 is 0 Å². The van der Waals surface area contributed by atoms with Crippen LogP contribution in [0.3, 0.4) is 0 Å². The summed E-state index contributed by atoms with van der Waals surface area (Å²) in [4.78, 5) is 11.8. The van der Waals surface area contributed by atoms with Crippen molar-refractivity contribution in [2.75, 3.05) is 6.54 Å². The lowest BCUT2D eigenvalue weighted by molar-refractivity contribution is 0.0926. The topological polar surface area (TPSA) is 57.8 Å². The Morgan fingerprint density at radius 1 is 1.41 bits per heavy atom. The molecule has 1 amide bonds. The van der Waals surface area contributed by atoms with Crippen molar-refractivity contribution in [1.82, 2.24) is 9.88 Å². The maximum absolute atomic E-state index is 11.8. The number of carbonyl (C=O) groups excluding carboxylic acids is 1. The number of aromatic nitrogens is 1. The van der Waals surface area contributed by atoms with Crippen molar-refractivity contribution in [2.24, 2.45) is 5.41 Å². The Bertz CT molecular complexity index is 560. The molecule has 17 heavy (non-hydrogen) atoms. The first-order valence-corrected chi connectivity index (χ1v) is 5.96. The number of hydrogen-bond donors (Lipinski definition) is 1. The summed E-state index contributed by atoms with van der Waals surface area (Å²) < 4.78 is 2.06. The summed E-state index contributed by atoms with van der Waals surface area (Å²) in [5, 5.41) is 12.1. The van der Waals surface area contributed by atoms with Crippen molar-refractivity contribution < 1.29 is 4.79 Å². The summed E-state index contributed by atoms with van der Waals surface area (Å²) in [5.41, 5.74) is 3.70. The average Bonchev–Trinajstić information content (AvgIpc) is 2.70. The average molecular weight is 229 g/mol. The molecule has 0 atom stereocenters. The highest BCUT2D eigenvalue weighted by molar-refractivity contribution is 5.96. The summed E-state index contributed by atoms with van der Waals surface area (Å²) >= 11 is 0. The predicted octanol–water partition coefficient (Wildman–Crippen LogP) is 1.23. The number of nitrogens with zero attached hydrogens (tertiary/aromatic N) is 2. The van der Waals surface area contributed by atoms with Gasteiger partial charge in [0.1, 0.15) is 11.8 Å². The second kappa shape index (κ2) is 3.13. The molecule has 2 aliphatic rings. The smallest absolute Gasteiger partial charge is 0.269 e. The molecule has 0 spiro atoms. The van der Waals surface area contributed by atoms with Crippen LogP contribution in [-0.4, -0.2) is 17.0 Å². The normalized spacial score (nSPS) is 20.4. The van der Waals surface area contributed by atoms with Gasteiger partial charge in [-0.3, -0.25) is 4.79 Å². The zero-order valence-electron chi connectivity index (χ0n) is 10.1. The van der Waals surface area contributed by atoms with Gasteiger partial charge in [-0.2, -0.15) is 5.26 Å². The van der Waals surface area contributed by atoms with Crippen molar-refractivity contribution in [3.05, 3.63) is 22.5 Å². The van der Waals surface area contributed by atoms with E-state index in [1.54, 1.807) is 0 Å². The van der Waals surface area contributed by atoms with Crippen LogP contribution in [0.25, 0.3) is 0 Å². The minimum absolute atomic E-state index is 0.0972. The van der Waals surface area contributed by atoms with Crippen LogP contribution in [-0.2, 0) is 19.4 Å². The first-order valence-electron chi connectivity index (χ1n) is 5.96. The Labute approximate surface area is 100 Å². The van der Waals surface area contributed by atoms with Crippen LogP contribution in [0.5, 0.6) is 0 Å². The highest BCUT2D eigenvalue weighted by Gasteiger charge is 2.38. The number of rotatable bonds is 0. The van der Waals surface area contributed by atoms with E-state index in [0.29, 0.717) is 17.8 Å². The second-order valence-electron chi connectivity index (χ2n) is 5.69. The fourth-order valence-corrected chi connectivity index (χ4v) is 3.08. The number of fused-ring (bicyclic) bond motifs is 3. The number of carbonyl (C=O) groups is 1. The molecule has 1 aliphatic heterocycles. The summed E-state index contributed by atoms with van der Waals surface area (Å²) in [5.74, 6) is -0.0972. The second-order valence-corrected chi connectivity index (χ2v) is 5.69. The van der Waals surface area contributed by atoms with E-state index >= 15 is 0 Å². The molecule has 4 nitrogen and oxygen atoms in total. The first kappa shape index (κ1) is 10.4. The summed E-state index contributed by atoms with van der Waals surface area (Å²) in [7, 11) is 0. The maximum atomic E-state index is 11.8. The van der Waals surface area contributed by atoms with Crippen LogP contribution < -0.4 is 5.32 Å². The Morgan fingerprint density at radius 3 is 2.88 bits per heavy atom. The molecule has 0 unspecified atom stereocenters. The fraction of sp³-hybridized carbons (Fsp3) is 0.538.